The van der Waals surface area contributed by atoms with Gasteiger partial charge in [-0.1, -0.05) is 20.3 Å². The SMILES string of the molecule is CCC[C@](C)(OC(F)(F)C(F)(F)C(F)(F)F)C(F)(C(F)(F)F)C(F)(F)C(C)(CC)OC(F)(C(=O)O)C(F)(F)F. The van der Waals surface area contributed by atoms with Crippen LogP contribution in [0.3, 0.4) is 0 Å². The molecule has 0 aromatic heterocycles. The summed E-state index contributed by atoms with van der Waals surface area (Å²) < 4.78 is 240. The Morgan fingerprint density at radius 1 is 0.615 bits per heavy atom. The number of aliphatic carboxylic acids is 1. The van der Waals surface area contributed by atoms with Crippen molar-refractivity contribution >= 4 is 5.97 Å². The molecular weight excluding hydrogens is 603 g/mol. The molecule has 0 saturated carbocycles. The van der Waals surface area contributed by atoms with Crippen molar-refractivity contribution in [1.82, 2.24) is 0 Å². The molecule has 0 bridgehead atoms. The Hall–Kier alpha value is -1.80. The molecule has 0 heterocycles. The molecule has 0 aliphatic rings. The van der Waals surface area contributed by atoms with E-state index in [1.807, 2.05) is 0 Å². The number of carboxylic acid groups (broad SMARTS) is 1. The van der Waals surface area contributed by atoms with Gasteiger partial charge < -0.3 is 14.6 Å². The molecule has 0 aromatic rings. The molecule has 0 fully saturated rings. The van der Waals surface area contributed by atoms with Crippen molar-refractivity contribution in [3.63, 3.8) is 0 Å². The fourth-order valence-electron chi connectivity index (χ4n) is 3.35. The second-order valence-electron chi connectivity index (χ2n) is 8.49. The zero-order valence-corrected chi connectivity index (χ0v) is 19.7. The summed E-state index contributed by atoms with van der Waals surface area (Å²) in [4.78, 5) is 10.8. The van der Waals surface area contributed by atoms with Crippen molar-refractivity contribution < 1.29 is 94.0 Å². The van der Waals surface area contributed by atoms with Gasteiger partial charge in [0.2, 0.25) is 0 Å². The number of rotatable bonds is 12. The fraction of sp³-hybridized carbons (Fsp3) is 0.944. The first kappa shape index (κ1) is 37.2. The maximum Gasteiger partial charge on any atom is 0.462 e. The van der Waals surface area contributed by atoms with Gasteiger partial charge in [-0.2, -0.15) is 70.2 Å². The molecule has 234 valence electrons. The second-order valence-corrected chi connectivity index (χ2v) is 8.49. The van der Waals surface area contributed by atoms with Crippen LogP contribution in [0.5, 0.6) is 0 Å². The van der Waals surface area contributed by atoms with Crippen LogP contribution in [-0.4, -0.2) is 70.3 Å². The first-order chi connectivity index (χ1) is 16.7. The Morgan fingerprint density at radius 3 is 1.28 bits per heavy atom. The summed E-state index contributed by atoms with van der Waals surface area (Å²) in [6.07, 6.45) is -34.3. The minimum absolute atomic E-state index is 0.160. The highest BCUT2D eigenvalue weighted by Crippen LogP contribution is 2.62. The Kier molecular flexibility index (Phi) is 9.76. The predicted octanol–water partition coefficient (Wildman–Crippen LogP) is 7.76. The van der Waals surface area contributed by atoms with Gasteiger partial charge in [0.05, 0.1) is 0 Å². The summed E-state index contributed by atoms with van der Waals surface area (Å²) >= 11 is 0. The number of halogens is 17. The molecule has 4 atom stereocenters. The van der Waals surface area contributed by atoms with Crippen LogP contribution < -0.4 is 0 Å². The summed E-state index contributed by atoms with van der Waals surface area (Å²) in [7, 11) is 0. The smallest absolute Gasteiger partial charge is 0.462 e. The first-order valence-electron chi connectivity index (χ1n) is 10.1. The van der Waals surface area contributed by atoms with E-state index in [9.17, 15) is 66.3 Å². The molecule has 1 N–H and O–H groups in total. The van der Waals surface area contributed by atoms with Gasteiger partial charge in [0.1, 0.15) is 11.2 Å². The van der Waals surface area contributed by atoms with Crippen LogP contribution >= 0.6 is 0 Å². The summed E-state index contributed by atoms with van der Waals surface area (Å²) in [5.41, 5.74) is -17.1. The third kappa shape index (κ3) is 5.70. The normalized spacial score (nSPS) is 20.9. The monoisotopic (exact) mass is 622 g/mol. The summed E-state index contributed by atoms with van der Waals surface area (Å²) in [5.74, 6) is -24.4. The molecule has 0 aliphatic carbocycles. The van der Waals surface area contributed by atoms with E-state index < -0.39 is 98.3 Å². The molecule has 0 aromatic carbocycles. The Bertz CT molecular complexity index is 882. The van der Waals surface area contributed by atoms with Gasteiger partial charge in [0.25, 0.3) is 5.67 Å². The lowest BCUT2D eigenvalue weighted by atomic mass is 9.70. The van der Waals surface area contributed by atoms with Gasteiger partial charge in [0.15, 0.2) is 0 Å². The number of alkyl halides is 17. The van der Waals surface area contributed by atoms with E-state index in [0.29, 0.717) is 6.92 Å². The quantitative estimate of drug-likeness (QED) is 0.226. The lowest BCUT2D eigenvalue weighted by molar-refractivity contribution is -0.477. The van der Waals surface area contributed by atoms with Crippen LogP contribution in [0.2, 0.25) is 0 Å². The van der Waals surface area contributed by atoms with Crippen LogP contribution in [0.15, 0.2) is 0 Å². The topological polar surface area (TPSA) is 55.8 Å². The highest BCUT2D eigenvalue weighted by molar-refractivity contribution is 5.76. The minimum atomic E-state index is -7.45. The Labute approximate surface area is 207 Å². The van der Waals surface area contributed by atoms with Gasteiger partial charge in [-0.3, -0.25) is 0 Å². The molecule has 3 unspecified atom stereocenters. The third-order valence-electron chi connectivity index (χ3n) is 5.70. The van der Waals surface area contributed by atoms with Crippen molar-refractivity contribution in [1.29, 1.82) is 0 Å². The number of carbonyl (C=O) groups is 1. The van der Waals surface area contributed by atoms with Crippen LogP contribution in [0.1, 0.15) is 47.0 Å². The lowest BCUT2D eigenvalue weighted by Gasteiger charge is -2.53. The molecular formula is C18H19F17O4. The molecule has 21 heteroatoms. The second kappa shape index (κ2) is 10.2. The van der Waals surface area contributed by atoms with E-state index in [1.54, 1.807) is 0 Å². The van der Waals surface area contributed by atoms with E-state index in [1.165, 1.54) is 0 Å². The Morgan fingerprint density at radius 2 is 1.03 bits per heavy atom. The van der Waals surface area contributed by atoms with Gasteiger partial charge in [0, 0.05) is 0 Å². The van der Waals surface area contributed by atoms with Crippen LogP contribution in [-0.2, 0) is 14.3 Å². The zero-order chi connectivity index (χ0) is 32.1. The molecule has 0 radical (unpaired) electrons. The van der Waals surface area contributed by atoms with Crippen molar-refractivity contribution in [2.75, 3.05) is 0 Å². The third-order valence-corrected chi connectivity index (χ3v) is 5.70. The molecule has 4 nitrogen and oxygen atoms in total. The summed E-state index contributed by atoms with van der Waals surface area (Å²) in [6.45, 7) is -0.635. The van der Waals surface area contributed by atoms with Gasteiger partial charge in [-0.25, -0.2) is 9.18 Å². The number of carboxylic acids is 1. The summed E-state index contributed by atoms with van der Waals surface area (Å²) in [6, 6.07) is 0. The van der Waals surface area contributed by atoms with E-state index in [0.717, 1.165) is 0 Å². The largest absolute Gasteiger partial charge is 0.477 e. The zero-order valence-electron chi connectivity index (χ0n) is 19.7. The van der Waals surface area contributed by atoms with Gasteiger partial charge >= 0.3 is 48.3 Å². The number of hydrogen-bond donors (Lipinski definition) is 1. The molecule has 0 rings (SSSR count). The molecule has 0 spiro atoms. The predicted molar refractivity (Wildman–Crippen MR) is 92.5 cm³/mol. The van der Waals surface area contributed by atoms with Gasteiger partial charge in [-0.15, -0.1) is 0 Å². The highest BCUT2D eigenvalue weighted by atomic mass is 19.4. The van der Waals surface area contributed by atoms with E-state index in [-0.39, 0.29) is 6.92 Å². The van der Waals surface area contributed by atoms with Crippen LogP contribution in [0.25, 0.3) is 0 Å². The first-order valence-corrected chi connectivity index (χ1v) is 10.1. The minimum Gasteiger partial charge on any atom is -0.477 e. The molecule has 39 heavy (non-hydrogen) atoms. The van der Waals surface area contributed by atoms with E-state index in [2.05, 4.69) is 9.47 Å². The molecule has 0 aliphatic heterocycles. The number of hydrogen-bond acceptors (Lipinski definition) is 3. The van der Waals surface area contributed by atoms with Crippen LogP contribution in [0, 0.1) is 0 Å². The lowest BCUT2D eigenvalue weighted by Crippen LogP contribution is -2.77. The Balaban J connectivity index is 7.59. The maximum absolute atomic E-state index is 15.8. The molecule has 0 saturated heterocycles. The van der Waals surface area contributed by atoms with Crippen LogP contribution in [0.4, 0.5) is 74.6 Å². The average Bonchev–Trinajstić information content (AvgIpc) is 2.69. The maximum atomic E-state index is 15.8. The van der Waals surface area contributed by atoms with Crippen molar-refractivity contribution in [3.05, 3.63) is 0 Å². The van der Waals surface area contributed by atoms with Crippen molar-refractivity contribution in [2.24, 2.45) is 0 Å². The molecule has 0 amide bonds. The van der Waals surface area contributed by atoms with E-state index in [4.69, 9.17) is 5.11 Å². The fourth-order valence-corrected chi connectivity index (χ4v) is 3.35. The number of ether oxygens (including phenoxy) is 2. The standard InChI is InChI=1S/C18H19F17O4/c1-5-7-10(4,39-18(34,35)14(23,24)17(31,32)33)12(20,16(28,29)30)13(21,22)9(3,6-2)38-11(19,8(36)37)15(25,26)27/h5-7H2,1-4H3,(H,36,37)/t9?,10-,11?,12?/m0/s1. The van der Waals surface area contributed by atoms with Crippen molar-refractivity contribution in [2.45, 2.75) is 106 Å². The van der Waals surface area contributed by atoms with E-state index >= 15 is 13.2 Å². The highest BCUT2D eigenvalue weighted by Gasteiger charge is 2.87. The van der Waals surface area contributed by atoms with Gasteiger partial charge in [-0.05, 0) is 26.7 Å². The van der Waals surface area contributed by atoms with Crippen molar-refractivity contribution in [3.8, 4) is 0 Å². The average molecular weight is 622 g/mol. The summed E-state index contributed by atoms with van der Waals surface area (Å²) in [5, 5.41) is 8.52.